The number of allylic oxidation sites excluding steroid dienone is 1. The molecule has 0 bridgehead atoms. The highest BCUT2D eigenvalue weighted by molar-refractivity contribution is 6.02. The van der Waals surface area contributed by atoms with Gasteiger partial charge in [0.1, 0.15) is 11.8 Å². The lowest BCUT2D eigenvalue weighted by Crippen LogP contribution is -2.48. The second kappa shape index (κ2) is 30.2. The van der Waals surface area contributed by atoms with E-state index >= 15 is 0 Å². The molecule has 1 aliphatic rings. The molecule has 0 aromatic heterocycles. The number of nitrogens with two attached hydrogens (primary N) is 1. The number of hydrogen-bond acceptors (Lipinski definition) is 9. The smallest absolute Gasteiger partial charge is 0.317 e. The fraction of sp³-hybridized carbons (Fsp3) is 0.750. The molecule has 1 rings (SSSR count). The summed E-state index contributed by atoms with van der Waals surface area (Å²) in [7, 11) is 0. The Balaban J connectivity index is -0.00000318. The number of ketones is 1. The zero-order valence-electron chi connectivity index (χ0n) is 32.0. The molecule has 1 saturated heterocycles. The number of rotatable bonds is 22. The summed E-state index contributed by atoms with van der Waals surface area (Å²) < 4.78 is 0. The lowest BCUT2D eigenvalue weighted by atomic mass is 10.0. The van der Waals surface area contributed by atoms with Crippen LogP contribution >= 0.6 is 0 Å². The number of Topliss-reactive ketones (excluding diaryl/α,β-unsaturated/α-hetero) is 1. The summed E-state index contributed by atoms with van der Waals surface area (Å²) in [4.78, 5) is 67.9. The van der Waals surface area contributed by atoms with Gasteiger partial charge < -0.3 is 16.2 Å². The van der Waals surface area contributed by atoms with Gasteiger partial charge in [0.15, 0.2) is 0 Å². The van der Waals surface area contributed by atoms with Crippen LogP contribution in [0.4, 0.5) is 0 Å². The molecule has 0 aromatic carbocycles. The van der Waals surface area contributed by atoms with Crippen LogP contribution in [0.5, 0.6) is 0 Å². The van der Waals surface area contributed by atoms with Crippen molar-refractivity contribution in [1.82, 2.24) is 24.9 Å². The molecule has 0 radical (unpaired) electrons. The molecular formula is C36H70N6O6. The number of likely N-dealkylation sites (tertiary alicyclic amines) is 1. The van der Waals surface area contributed by atoms with Crippen LogP contribution in [0.25, 0.3) is 0 Å². The Bertz CT molecular complexity index is 957. The van der Waals surface area contributed by atoms with Crippen LogP contribution in [0.3, 0.4) is 0 Å². The van der Waals surface area contributed by atoms with Crippen LogP contribution in [0.15, 0.2) is 24.4 Å². The monoisotopic (exact) mass is 683 g/mol. The first-order chi connectivity index (χ1) is 22.8. The van der Waals surface area contributed by atoms with Crippen molar-refractivity contribution in [2.24, 2.45) is 11.7 Å². The molecule has 1 unspecified atom stereocenters. The molecule has 0 aliphatic carbocycles. The topological polar surface area (TPSA) is 157 Å². The van der Waals surface area contributed by atoms with Crippen LogP contribution in [0, 0.1) is 5.92 Å². The molecule has 280 valence electrons. The van der Waals surface area contributed by atoms with Crippen LogP contribution in [0.1, 0.15) is 101 Å². The first-order valence-corrected chi connectivity index (χ1v) is 17.8. The quantitative estimate of drug-likeness (QED) is 0.142. The maximum atomic E-state index is 12.8. The number of nitrogens with one attached hydrogen (secondary N) is 1. The van der Waals surface area contributed by atoms with E-state index in [0.29, 0.717) is 77.3 Å². The zero-order chi connectivity index (χ0) is 37.8. The van der Waals surface area contributed by atoms with Crippen LogP contribution in [-0.4, -0.2) is 126 Å². The fourth-order valence-electron chi connectivity index (χ4n) is 4.94. The van der Waals surface area contributed by atoms with Gasteiger partial charge in [0, 0.05) is 64.4 Å². The van der Waals surface area contributed by atoms with E-state index in [-0.39, 0.29) is 49.4 Å². The lowest BCUT2D eigenvalue weighted by molar-refractivity contribution is -0.143. The van der Waals surface area contributed by atoms with Crippen LogP contribution in [0.2, 0.25) is 0 Å². The second-order valence-electron chi connectivity index (χ2n) is 11.4. The highest BCUT2D eigenvalue weighted by atomic mass is 16.4. The summed E-state index contributed by atoms with van der Waals surface area (Å²) in [5, 5.41) is 12.2. The van der Waals surface area contributed by atoms with Gasteiger partial charge >= 0.3 is 5.97 Å². The van der Waals surface area contributed by atoms with Crippen molar-refractivity contribution in [2.75, 3.05) is 65.4 Å². The summed E-state index contributed by atoms with van der Waals surface area (Å²) in [6, 6.07) is -0.778. The molecule has 0 saturated carbocycles. The van der Waals surface area contributed by atoms with Gasteiger partial charge in [-0.25, -0.2) is 0 Å². The Labute approximate surface area is 292 Å². The molecule has 2 atom stereocenters. The van der Waals surface area contributed by atoms with E-state index < -0.39 is 17.9 Å². The third kappa shape index (κ3) is 22.6. The number of aliphatic carboxylic acids is 1. The van der Waals surface area contributed by atoms with Crippen molar-refractivity contribution in [1.29, 1.82) is 0 Å². The minimum atomic E-state index is -0.916. The van der Waals surface area contributed by atoms with Gasteiger partial charge in [-0.2, -0.15) is 0 Å². The summed E-state index contributed by atoms with van der Waals surface area (Å²) in [6.07, 6.45) is 2.03. The van der Waals surface area contributed by atoms with Gasteiger partial charge in [0.25, 0.3) is 5.91 Å². The highest BCUT2D eigenvalue weighted by Gasteiger charge is 2.34. The van der Waals surface area contributed by atoms with Gasteiger partial charge in [0.2, 0.25) is 11.8 Å². The molecule has 0 spiro atoms. The highest BCUT2D eigenvalue weighted by Crippen LogP contribution is 2.22. The zero-order valence-corrected chi connectivity index (χ0v) is 32.0. The average Bonchev–Trinajstić information content (AvgIpc) is 3.38. The van der Waals surface area contributed by atoms with Crippen molar-refractivity contribution in [3.63, 3.8) is 0 Å². The van der Waals surface area contributed by atoms with E-state index in [1.54, 1.807) is 6.92 Å². The van der Waals surface area contributed by atoms with E-state index in [2.05, 4.69) is 23.4 Å². The number of carboxylic acids is 1. The maximum absolute atomic E-state index is 12.8. The summed E-state index contributed by atoms with van der Waals surface area (Å²) in [5.74, 6) is -1.81. The molecule has 48 heavy (non-hydrogen) atoms. The third-order valence-corrected chi connectivity index (χ3v) is 7.14. The van der Waals surface area contributed by atoms with Gasteiger partial charge in [-0.15, -0.1) is 0 Å². The second-order valence-corrected chi connectivity index (χ2v) is 11.4. The Morgan fingerprint density at radius 1 is 0.875 bits per heavy atom. The first-order valence-electron chi connectivity index (χ1n) is 17.8. The van der Waals surface area contributed by atoms with Crippen molar-refractivity contribution in [3.8, 4) is 0 Å². The number of carbonyl (C=O) groups excluding carboxylic acids is 4. The minimum Gasteiger partial charge on any atom is -0.480 e. The molecule has 1 aliphatic heterocycles. The number of carbonyl (C=O) groups is 5. The lowest BCUT2D eigenvalue weighted by Gasteiger charge is -2.29. The predicted molar refractivity (Wildman–Crippen MR) is 196 cm³/mol. The van der Waals surface area contributed by atoms with Gasteiger partial charge in [-0.3, -0.25) is 43.6 Å². The van der Waals surface area contributed by atoms with Crippen molar-refractivity contribution in [3.05, 3.63) is 24.4 Å². The summed E-state index contributed by atoms with van der Waals surface area (Å²) in [6.45, 7) is 31.7. The third-order valence-electron chi connectivity index (χ3n) is 7.14. The van der Waals surface area contributed by atoms with Gasteiger partial charge in [-0.1, -0.05) is 74.1 Å². The van der Waals surface area contributed by atoms with Crippen LogP contribution in [-0.2, 0) is 24.0 Å². The Hall–Kier alpha value is -2.93. The largest absolute Gasteiger partial charge is 0.480 e. The Morgan fingerprint density at radius 3 is 1.77 bits per heavy atom. The Morgan fingerprint density at radius 2 is 1.38 bits per heavy atom. The normalized spacial score (nSPS) is 13.5. The molecule has 12 heteroatoms. The molecule has 0 aromatic rings. The molecule has 4 N–H and O–H groups in total. The number of nitrogens with zero attached hydrogens (tertiary/aromatic N) is 4. The first kappa shape index (κ1) is 49.5. The van der Waals surface area contributed by atoms with Crippen molar-refractivity contribution < 1.29 is 29.1 Å². The Kier molecular flexibility index (Phi) is 31.1. The van der Waals surface area contributed by atoms with E-state index in [4.69, 9.17) is 5.73 Å². The van der Waals surface area contributed by atoms with Gasteiger partial charge in [0.05, 0.1) is 13.1 Å². The van der Waals surface area contributed by atoms with Crippen LogP contribution < -0.4 is 11.1 Å². The van der Waals surface area contributed by atoms with Gasteiger partial charge in [-0.05, 0) is 45.6 Å². The van der Waals surface area contributed by atoms with E-state index in [1.807, 2.05) is 65.2 Å². The molecule has 1 heterocycles. The summed E-state index contributed by atoms with van der Waals surface area (Å²) >= 11 is 0. The van der Waals surface area contributed by atoms with Crippen molar-refractivity contribution in [2.45, 2.75) is 107 Å². The van der Waals surface area contributed by atoms with E-state index in [9.17, 15) is 29.1 Å². The molecule has 12 nitrogen and oxygen atoms in total. The number of amides is 3. The maximum Gasteiger partial charge on any atom is 0.317 e. The van der Waals surface area contributed by atoms with Crippen molar-refractivity contribution >= 4 is 29.5 Å². The number of imide groups is 1. The minimum absolute atomic E-state index is 0.0279. The SMILES string of the molecule is C=C(C)CN(CC[C@H](C)CC(=O)NC(CC)C(=O)N1C(=C)CCC1=O)CCN(CCN(CCN)CC(C)=O)CC(=O)O.CC.CC.CC. The molecular weight excluding hydrogens is 612 g/mol. The standard InChI is InChI=1S/C30H52N6O6.3C2H6/c1-7-26(30(42)36-24(5)8-9-28(36)39)32-27(38)18-23(4)10-12-33(19-22(2)3)14-16-35(21-29(40)41)17-15-34(13-11-31)20-25(6)37;3*1-2/h23,26H,2,5,7-21,31H2,1,3-4,6H3,(H,32,38)(H,40,41);3*1-2H3/t23-,26?;;;/m0.../s1. The molecule has 3 amide bonds. The predicted octanol–water partition coefficient (Wildman–Crippen LogP) is 4.15. The average molecular weight is 683 g/mol. The summed E-state index contributed by atoms with van der Waals surface area (Å²) in [5.41, 5.74) is 7.11. The fourth-order valence-corrected chi connectivity index (χ4v) is 4.94. The number of hydrogen-bond donors (Lipinski definition) is 3. The molecule has 1 fully saturated rings. The number of carboxylic acid groups (broad SMARTS) is 1. The van der Waals surface area contributed by atoms with E-state index in [1.165, 1.54) is 6.92 Å². The van der Waals surface area contributed by atoms with E-state index in [0.717, 1.165) is 10.5 Å².